The minimum absolute atomic E-state index is 0.219. The van der Waals surface area contributed by atoms with Crippen molar-refractivity contribution in [2.24, 2.45) is 0 Å². The molecule has 20 heavy (non-hydrogen) atoms. The molecule has 0 spiro atoms. The van der Waals surface area contributed by atoms with Crippen molar-refractivity contribution in [1.82, 2.24) is 15.1 Å². The average molecular weight is 273 g/mol. The van der Waals surface area contributed by atoms with Crippen molar-refractivity contribution in [2.75, 3.05) is 6.54 Å². The van der Waals surface area contributed by atoms with Gasteiger partial charge in [0.25, 0.3) is 0 Å². The van der Waals surface area contributed by atoms with Crippen LogP contribution in [0.5, 0.6) is 5.75 Å². The summed E-state index contributed by atoms with van der Waals surface area (Å²) < 4.78 is 7.58. The maximum absolute atomic E-state index is 5.62. The number of ether oxygens (including phenoxy) is 1. The van der Waals surface area contributed by atoms with Gasteiger partial charge in [-0.1, -0.05) is 12.1 Å². The standard InChI is InChI=1S/C16H23N3O/c1-13(2)20-16-6-4-15(5-7-16)11-17-8-9-19-12-14(3)10-18-19/h4-7,10,12-13,17H,8-9,11H2,1-3H3. The van der Waals surface area contributed by atoms with E-state index >= 15 is 0 Å². The molecule has 4 heteroatoms. The molecule has 0 aliphatic heterocycles. The molecule has 1 aromatic carbocycles. The summed E-state index contributed by atoms with van der Waals surface area (Å²) in [5.41, 5.74) is 2.46. The number of hydrogen-bond acceptors (Lipinski definition) is 3. The molecule has 0 aliphatic rings. The first-order chi connectivity index (χ1) is 9.63. The third kappa shape index (κ3) is 4.70. The number of nitrogens with zero attached hydrogens (tertiary/aromatic N) is 2. The van der Waals surface area contributed by atoms with Crippen LogP contribution in [-0.4, -0.2) is 22.4 Å². The van der Waals surface area contributed by atoms with E-state index in [0.29, 0.717) is 0 Å². The normalized spacial score (nSPS) is 11.0. The zero-order chi connectivity index (χ0) is 14.4. The molecule has 108 valence electrons. The van der Waals surface area contributed by atoms with E-state index in [4.69, 9.17) is 4.74 Å². The van der Waals surface area contributed by atoms with Gasteiger partial charge in [-0.25, -0.2) is 0 Å². The molecule has 1 N–H and O–H groups in total. The Kier molecular flexibility index (Phi) is 5.18. The molecule has 0 atom stereocenters. The molecule has 0 saturated heterocycles. The molecule has 2 aromatic rings. The molecule has 0 fully saturated rings. The summed E-state index contributed by atoms with van der Waals surface area (Å²) >= 11 is 0. The van der Waals surface area contributed by atoms with E-state index in [9.17, 15) is 0 Å². The predicted octanol–water partition coefficient (Wildman–Crippen LogP) is 2.77. The lowest BCUT2D eigenvalue weighted by atomic mass is 10.2. The largest absolute Gasteiger partial charge is 0.491 e. The predicted molar refractivity (Wildman–Crippen MR) is 80.9 cm³/mol. The second-order valence-electron chi connectivity index (χ2n) is 5.27. The number of rotatable bonds is 7. The van der Waals surface area contributed by atoms with Crippen LogP contribution in [0.1, 0.15) is 25.0 Å². The first kappa shape index (κ1) is 14.6. The number of benzene rings is 1. The van der Waals surface area contributed by atoms with E-state index in [1.54, 1.807) is 0 Å². The number of aromatic nitrogens is 2. The molecular formula is C16H23N3O. The highest BCUT2D eigenvalue weighted by Crippen LogP contribution is 2.13. The summed E-state index contributed by atoms with van der Waals surface area (Å²) in [4.78, 5) is 0. The molecule has 0 aliphatic carbocycles. The van der Waals surface area contributed by atoms with Gasteiger partial charge in [-0.2, -0.15) is 5.10 Å². The molecular weight excluding hydrogens is 250 g/mol. The van der Waals surface area contributed by atoms with Gasteiger partial charge in [0.1, 0.15) is 5.75 Å². The first-order valence-corrected chi connectivity index (χ1v) is 7.09. The van der Waals surface area contributed by atoms with Gasteiger partial charge in [0.15, 0.2) is 0 Å². The quantitative estimate of drug-likeness (QED) is 0.788. The Labute approximate surface area is 120 Å². The third-order valence-corrected chi connectivity index (χ3v) is 2.90. The summed E-state index contributed by atoms with van der Waals surface area (Å²) in [6, 6.07) is 8.24. The van der Waals surface area contributed by atoms with Crippen LogP contribution in [0.4, 0.5) is 0 Å². The van der Waals surface area contributed by atoms with Crippen molar-refractivity contribution in [2.45, 2.75) is 40.0 Å². The smallest absolute Gasteiger partial charge is 0.119 e. The highest BCUT2D eigenvalue weighted by atomic mass is 16.5. The van der Waals surface area contributed by atoms with E-state index in [-0.39, 0.29) is 6.10 Å². The van der Waals surface area contributed by atoms with Gasteiger partial charge in [-0.05, 0) is 44.0 Å². The number of nitrogens with one attached hydrogen (secondary N) is 1. The van der Waals surface area contributed by atoms with E-state index in [2.05, 4.69) is 35.7 Å². The molecule has 4 nitrogen and oxygen atoms in total. The molecule has 0 bridgehead atoms. The maximum Gasteiger partial charge on any atom is 0.119 e. The molecule has 0 saturated carbocycles. The zero-order valence-corrected chi connectivity index (χ0v) is 12.5. The second-order valence-corrected chi connectivity index (χ2v) is 5.27. The third-order valence-electron chi connectivity index (χ3n) is 2.90. The zero-order valence-electron chi connectivity index (χ0n) is 12.5. The molecule has 2 rings (SSSR count). The lowest BCUT2D eigenvalue weighted by molar-refractivity contribution is 0.242. The van der Waals surface area contributed by atoms with E-state index in [1.165, 1.54) is 11.1 Å². The molecule has 0 unspecified atom stereocenters. The Morgan fingerprint density at radius 2 is 2.00 bits per heavy atom. The van der Waals surface area contributed by atoms with Gasteiger partial charge in [-0.3, -0.25) is 4.68 Å². The van der Waals surface area contributed by atoms with E-state index in [0.717, 1.165) is 25.4 Å². The topological polar surface area (TPSA) is 39.1 Å². The van der Waals surface area contributed by atoms with Crippen LogP contribution in [-0.2, 0) is 13.1 Å². The van der Waals surface area contributed by atoms with Gasteiger partial charge >= 0.3 is 0 Å². The minimum atomic E-state index is 0.219. The van der Waals surface area contributed by atoms with Crippen molar-refractivity contribution in [3.8, 4) is 5.75 Å². The van der Waals surface area contributed by atoms with Crippen LogP contribution < -0.4 is 10.1 Å². The van der Waals surface area contributed by atoms with Crippen LogP contribution >= 0.6 is 0 Å². The van der Waals surface area contributed by atoms with Gasteiger partial charge in [0, 0.05) is 19.3 Å². The Hall–Kier alpha value is -1.81. The minimum Gasteiger partial charge on any atom is -0.491 e. The SMILES string of the molecule is Cc1cnn(CCNCc2ccc(OC(C)C)cc2)c1. The summed E-state index contributed by atoms with van der Waals surface area (Å²) in [5.74, 6) is 0.927. The Morgan fingerprint density at radius 1 is 1.25 bits per heavy atom. The van der Waals surface area contributed by atoms with Crippen molar-refractivity contribution in [3.05, 3.63) is 47.8 Å². The lowest BCUT2D eigenvalue weighted by Gasteiger charge is -2.10. The van der Waals surface area contributed by atoms with Gasteiger partial charge in [0.05, 0.1) is 18.8 Å². The number of aryl methyl sites for hydroxylation is 1. The fourth-order valence-electron chi connectivity index (χ4n) is 1.97. The van der Waals surface area contributed by atoms with E-state index < -0.39 is 0 Å². The Balaban J connectivity index is 1.71. The molecule has 1 heterocycles. The van der Waals surface area contributed by atoms with Crippen molar-refractivity contribution in [3.63, 3.8) is 0 Å². The van der Waals surface area contributed by atoms with Crippen molar-refractivity contribution >= 4 is 0 Å². The van der Waals surface area contributed by atoms with Gasteiger partial charge in [0.2, 0.25) is 0 Å². The highest BCUT2D eigenvalue weighted by Gasteiger charge is 1.98. The summed E-state index contributed by atoms with van der Waals surface area (Å²) in [6.45, 7) is 8.78. The highest BCUT2D eigenvalue weighted by molar-refractivity contribution is 5.27. The fraction of sp³-hybridized carbons (Fsp3) is 0.438. The van der Waals surface area contributed by atoms with Crippen LogP contribution in [0.25, 0.3) is 0 Å². The van der Waals surface area contributed by atoms with Crippen LogP contribution in [0.3, 0.4) is 0 Å². The van der Waals surface area contributed by atoms with Gasteiger partial charge in [-0.15, -0.1) is 0 Å². The lowest BCUT2D eigenvalue weighted by Crippen LogP contribution is -2.19. The van der Waals surface area contributed by atoms with Crippen molar-refractivity contribution < 1.29 is 4.74 Å². The van der Waals surface area contributed by atoms with Gasteiger partial charge < -0.3 is 10.1 Å². The number of hydrogen-bond donors (Lipinski definition) is 1. The first-order valence-electron chi connectivity index (χ1n) is 7.09. The summed E-state index contributed by atoms with van der Waals surface area (Å²) in [5, 5.41) is 7.68. The Bertz CT molecular complexity index is 517. The van der Waals surface area contributed by atoms with Crippen molar-refractivity contribution in [1.29, 1.82) is 0 Å². The summed E-state index contributed by atoms with van der Waals surface area (Å²) in [7, 11) is 0. The van der Waals surface area contributed by atoms with Crippen LogP contribution in [0.15, 0.2) is 36.7 Å². The Morgan fingerprint density at radius 3 is 2.60 bits per heavy atom. The molecule has 0 amide bonds. The van der Waals surface area contributed by atoms with E-state index in [1.807, 2.05) is 36.9 Å². The monoisotopic (exact) mass is 273 g/mol. The van der Waals surface area contributed by atoms with Crippen LogP contribution in [0, 0.1) is 6.92 Å². The molecule has 1 aromatic heterocycles. The second kappa shape index (κ2) is 7.10. The molecule has 0 radical (unpaired) electrons. The average Bonchev–Trinajstić information content (AvgIpc) is 2.82. The summed E-state index contributed by atoms with van der Waals surface area (Å²) in [6.07, 6.45) is 4.16. The fourth-order valence-corrected chi connectivity index (χ4v) is 1.97. The maximum atomic E-state index is 5.62. The van der Waals surface area contributed by atoms with Crippen LogP contribution in [0.2, 0.25) is 0 Å².